The van der Waals surface area contributed by atoms with Crippen molar-refractivity contribution in [1.29, 1.82) is 5.26 Å². The number of β-amino-alcohol motifs (C(OH)–C–C–N with tert-alkyl or cyclic N) is 1. The number of ether oxygens (including phenoxy) is 1. The third-order valence-electron chi connectivity index (χ3n) is 15.7. The zero-order valence-electron chi connectivity index (χ0n) is 43.1. The van der Waals surface area contributed by atoms with Crippen LogP contribution in [0.4, 0.5) is 0 Å². The van der Waals surface area contributed by atoms with E-state index in [2.05, 4.69) is 64.5 Å². The van der Waals surface area contributed by atoms with Crippen LogP contribution in [-0.4, -0.2) is 124 Å². The zero-order chi connectivity index (χ0) is 51.9. The van der Waals surface area contributed by atoms with Gasteiger partial charge in [0, 0.05) is 66.6 Å². The van der Waals surface area contributed by atoms with Crippen molar-refractivity contribution in [2.24, 2.45) is 16.2 Å². The van der Waals surface area contributed by atoms with E-state index >= 15 is 0 Å². The number of hydrogen-bond donors (Lipinski definition) is 4. The van der Waals surface area contributed by atoms with Gasteiger partial charge in [-0.2, -0.15) is 5.26 Å². The molecule has 6 atom stereocenters. The first-order valence-corrected chi connectivity index (χ1v) is 26.6. The summed E-state index contributed by atoms with van der Waals surface area (Å²) in [7, 11) is 0. The summed E-state index contributed by atoms with van der Waals surface area (Å²) in [6.45, 7) is 20.6. The SMILES string of the molecule is Cc1ncsc1-c1ccc([C@H](C)NC(=O)[C@@H]2C[C@@H](O)CN2C(=O)[C@@H](NC(=O)CN2CC3CCC(C2)N3CCCc2ccc(C(=O)NC3C(C)(C)C(Oc4ccc(C#N)c(Cl)c4)C3(C)C)cc2)C(C)(C)C)cc1. The number of fused-ring (bicyclic) bond motifs is 2. The van der Waals surface area contributed by atoms with Crippen molar-refractivity contribution in [2.75, 3.05) is 32.7 Å². The number of benzene rings is 3. The summed E-state index contributed by atoms with van der Waals surface area (Å²) in [5, 5.41) is 29.8. The second-order valence-electron chi connectivity index (χ2n) is 22.8. The molecule has 4 heterocycles. The van der Waals surface area contributed by atoms with Crippen LogP contribution in [0.2, 0.25) is 5.02 Å². The molecule has 8 rings (SSSR count). The fraction of sp³-hybridized carbons (Fsp3) is 0.536. The Balaban J connectivity index is 0.789. The smallest absolute Gasteiger partial charge is 0.251 e. The summed E-state index contributed by atoms with van der Waals surface area (Å²) in [6, 6.07) is 21.5. The zero-order valence-corrected chi connectivity index (χ0v) is 44.7. The van der Waals surface area contributed by atoms with Gasteiger partial charge in [-0.1, -0.05) is 96.5 Å². The third-order valence-corrected chi connectivity index (χ3v) is 17.0. The van der Waals surface area contributed by atoms with Gasteiger partial charge in [-0.3, -0.25) is 29.0 Å². The second kappa shape index (κ2) is 21.2. The minimum Gasteiger partial charge on any atom is -0.489 e. The number of carbonyl (C=O) groups excluding carboxylic acids is 4. The maximum Gasteiger partial charge on any atom is 0.251 e. The van der Waals surface area contributed by atoms with Crippen molar-refractivity contribution in [3.05, 3.63) is 105 Å². The molecule has 4 N–H and O–H groups in total. The molecule has 3 aliphatic heterocycles. The average Bonchev–Trinajstić information content (AvgIpc) is 4.02. The van der Waals surface area contributed by atoms with E-state index in [4.69, 9.17) is 16.3 Å². The first-order valence-electron chi connectivity index (χ1n) is 25.4. The van der Waals surface area contributed by atoms with Crippen LogP contribution in [0.5, 0.6) is 5.75 Å². The summed E-state index contributed by atoms with van der Waals surface area (Å²) in [5.74, 6) is -0.476. The molecule has 0 spiro atoms. The molecule has 384 valence electrons. The number of aliphatic hydroxyl groups excluding tert-OH is 1. The number of amides is 4. The molecular weight excluding hydrogens is 948 g/mol. The van der Waals surface area contributed by atoms with Crippen LogP contribution in [0.25, 0.3) is 10.4 Å². The lowest BCUT2D eigenvalue weighted by molar-refractivity contribution is -0.164. The molecule has 0 radical (unpaired) electrons. The lowest BCUT2D eigenvalue weighted by Gasteiger charge is -2.63. The van der Waals surface area contributed by atoms with Gasteiger partial charge < -0.3 is 30.7 Å². The van der Waals surface area contributed by atoms with E-state index < -0.39 is 23.6 Å². The van der Waals surface area contributed by atoms with Crippen LogP contribution in [0, 0.1) is 34.5 Å². The first-order chi connectivity index (χ1) is 34.0. The topological polar surface area (TPSA) is 180 Å². The minimum absolute atomic E-state index is 0.0143. The number of nitrogens with zero attached hydrogens (tertiary/aromatic N) is 5. The highest BCUT2D eigenvalue weighted by atomic mass is 35.5. The van der Waals surface area contributed by atoms with E-state index in [0.29, 0.717) is 34.0 Å². The molecule has 3 aromatic carbocycles. The molecule has 2 unspecified atom stereocenters. The number of piperazine rings is 1. The van der Waals surface area contributed by atoms with Crippen LogP contribution in [0.3, 0.4) is 0 Å². The molecule has 4 fully saturated rings. The van der Waals surface area contributed by atoms with E-state index in [1.165, 1.54) is 10.5 Å². The lowest BCUT2D eigenvalue weighted by atomic mass is 9.49. The van der Waals surface area contributed by atoms with Crippen molar-refractivity contribution in [3.63, 3.8) is 0 Å². The van der Waals surface area contributed by atoms with Gasteiger partial charge in [-0.15, -0.1) is 11.3 Å². The Morgan fingerprint density at radius 3 is 2.22 bits per heavy atom. The maximum absolute atomic E-state index is 14.4. The quantitative estimate of drug-likeness (QED) is 0.0869. The monoisotopic (exact) mass is 1020 g/mol. The van der Waals surface area contributed by atoms with Gasteiger partial charge >= 0.3 is 0 Å². The number of halogens is 1. The lowest BCUT2D eigenvalue weighted by Crippen LogP contribution is -2.74. The largest absolute Gasteiger partial charge is 0.489 e. The number of carbonyl (C=O) groups is 4. The highest BCUT2D eigenvalue weighted by Gasteiger charge is 2.64. The van der Waals surface area contributed by atoms with E-state index in [-0.39, 0.29) is 72.2 Å². The van der Waals surface area contributed by atoms with E-state index in [9.17, 15) is 29.5 Å². The van der Waals surface area contributed by atoms with Crippen molar-refractivity contribution >= 4 is 46.6 Å². The van der Waals surface area contributed by atoms with E-state index in [1.54, 1.807) is 29.5 Å². The Labute approximate surface area is 433 Å². The van der Waals surface area contributed by atoms with Crippen LogP contribution in [-0.2, 0) is 20.8 Å². The number of aryl methyl sites for hydroxylation is 2. The molecule has 4 aromatic rings. The summed E-state index contributed by atoms with van der Waals surface area (Å²) in [4.78, 5) is 67.2. The predicted octanol–water partition coefficient (Wildman–Crippen LogP) is 7.71. The van der Waals surface area contributed by atoms with Crippen LogP contribution >= 0.6 is 22.9 Å². The number of hydrogen-bond acceptors (Lipinski definition) is 11. The number of aliphatic hydroxyl groups is 1. The van der Waals surface area contributed by atoms with Crippen molar-refractivity contribution in [3.8, 4) is 22.3 Å². The molecule has 1 aliphatic carbocycles. The number of rotatable bonds is 16. The summed E-state index contributed by atoms with van der Waals surface area (Å²) < 4.78 is 6.40. The Kier molecular flexibility index (Phi) is 15.6. The van der Waals surface area contributed by atoms with Gasteiger partial charge in [0.2, 0.25) is 17.7 Å². The Morgan fingerprint density at radius 1 is 0.958 bits per heavy atom. The van der Waals surface area contributed by atoms with Gasteiger partial charge in [-0.25, -0.2) is 4.98 Å². The normalized spacial score (nSPS) is 24.4. The van der Waals surface area contributed by atoms with Gasteiger partial charge in [0.1, 0.15) is 30.0 Å². The van der Waals surface area contributed by atoms with Crippen LogP contribution in [0.1, 0.15) is 120 Å². The molecule has 2 bridgehead atoms. The number of likely N-dealkylation sites (tertiary alicyclic amines) is 2. The molecule has 72 heavy (non-hydrogen) atoms. The predicted molar refractivity (Wildman–Crippen MR) is 280 cm³/mol. The van der Waals surface area contributed by atoms with Gasteiger partial charge in [0.05, 0.1) is 45.4 Å². The van der Waals surface area contributed by atoms with Gasteiger partial charge in [-0.05, 0) is 92.4 Å². The van der Waals surface area contributed by atoms with Crippen molar-refractivity contribution < 1.29 is 29.0 Å². The average molecular weight is 1020 g/mol. The fourth-order valence-corrected chi connectivity index (χ4v) is 13.1. The first kappa shape index (κ1) is 52.9. The number of nitrogens with one attached hydrogen (secondary N) is 3. The fourth-order valence-electron chi connectivity index (χ4n) is 12.1. The Morgan fingerprint density at radius 2 is 1.62 bits per heavy atom. The van der Waals surface area contributed by atoms with Crippen molar-refractivity contribution in [2.45, 2.75) is 143 Å². The number of aromatic nitrogens is 1. The Bertz CT molecular complexity index is 2650. The second-order valence-corrected chi connectivity index (χ2v) is 24.1. The highest BCUT2D eigenvalue weighted by molar-refractivity contribution is 7.13. The number of thiazole rings is 1. The molecule has 1 aromatic heterocycles. The minimum atomic E-state index is -0.898. The standard InChI is InChI=1S/C56H71ClN8O6S/c1-33(36-16-18-37(19-17-36)47-34(2)59-32-72-47)60-50(69)45-25-42(66)30-65(45)51(70)48(54(3,4)5)61-46(67)31-63-28-40-21-22-41(29-63)64(40)24-10-11-35-12-14-38(15-13-35)49(68)62-52-55(6,7)53(56(52,8)9)71-43-23-20-39(27-58)44(57)26-43/h12-20,23,26,32-33,40-42,45,48,52-53,66H,10-11,21-22,24-25,28-31H2,1-9H3,(H,60,69)(H,61,67)(H,62,68)/t33-,40?,41?,42+,45-,48+,52?,53?/m0/s1. The van der Waals surface area contributed by atoms with Gasteiger partial charge in [0.25, 0.3) is 5.91 Å². The molecule has 4 amide bonds. The summed E-state index contributed by atoms with van der Waals surface area (Å²) in [6.07, 6.45) is 3.05. The van der Waals surface area contributed by atoms with E-state index in [1.807, 2.05) is 88.7 Å². The molecule has 3 saturated heterocycles. The van der Waals surface area contributed by atoms with Crippen molar-refractivity contribution in [1.82, 2.24) is 35.6 Å². The highest BCUT2D eigenvalue weighted by Crippen LogP contribution is 2.55. The molecule has 1 saturated carbocycles. The Hall–Kier alpha value is -5.37. The van der Waals surface area contributed by atoms with Crippen LogP contribution < -0.4 is 20.7 Å². The van der Waals surface area contributed by atoms with Crippen LogP contribution in [0.15, 0.2) is 72.2 Å². The summed E-state index contributed by atoms with van der Waals surface area (Å²) in [5.41, 5.74) is 5.56. The molecule has 16 heteroatoms. The summed E-state index contributed by atoms with van der Waals surface area (Å²) >= 11 is 7.86. The van der Waals surface area contributed by atoms with E-state index in [0.717, 1.165) is 67.0 Å². The van der Waals surface area contributed by atoms with Gasteiger partial charge in [0.15, 0.2) is 0 Å². The molecule has 14 nitrogen and oxygen atoms in total. The molecular formula is C56H71ClN8O6S. The maximum atomic E-state index is 14.4. The third kappa shape index (κ3) is 11.2. The molecule has 4 aliphatic rings. The number of nitriles is 1.